The maximum atomic E-state index is 11.9. The molecule has 0 heterocycles. The minimum Gasteiger partial charge on any atom is -0.391 e. The van der Waals surface area contributed by atoms with Gasteiger partial charge in [0.1, 0.15) is 0 Å². The SMILES string of the molecule is CC(=O)c1cccc(NC(=O)N[C@H]2CCCC[C@@H]2O)c1. The van der Waals surface area contributed by atoms with Crippen molar-refractivity contribution in [2.45, 2.75) is 44.8 Å². The Morgan fingerprint density at radius 2 is 2.00 bits per heavy atom. The van der Waals surface area contributed by atoms with Crippen molar-refractivity contribution in [2.75, 3.05) is 5.32 Å². The Labute approximate surface area is 118 Å². The first-order valence-electron chi connectivity index (χ1n) is 6.93. The summed E-state index contributed by atoms with van der Waals surface area (Å²) in [5.41, 5.74) is 1.13. The molecule has 0 radical (unpaired) electrons. The van der Waals surface area contributed by atoms with Gasteiger partial charge in [-0.15, -0.1) is 0 Å². The van der Waals surface area contributed by atoms with E-state index in [1.54, 1.807) is 24.3 Å². The van der Waals surface area contributed by atoms with Crippen LogP contribution in [0, 0.1) is 0 Å². The van der Waals surface area contributed by atoms with Crippen LogP contribution in [-0.2, 0) is 0 Å². The third-order valence-corrected chi connectivity index (χ3v) is 3.57. The van der Waals surface area contributed by atoms with Gasteiger partial charge in [-0.1, -0.05) is 25.0 Å². The lowest BCUT2D eigenvalue weighted by molar-refractivity contribution is 0.0955. The Morgan fingerprint density at radius 1 is 1.25 bits per heavy atom. The van der Waals surface area contributed by atoms with E-state index in [0.717, 1.165) is 25.7 Å². The molecule has 2 amide bonds. The van der Waals surface area contributed by atoms with Crippen LogP contribution in [0.5, 0.6) is 0 Å². The number of ketones is 1. The lowest BCUT2D eigenvalue weighted by Crippen LogP contribution is -2.46. The number of benzene rings is 1. The van der Waals surface area contributed by atoms with Gasteiger partial charge in [0.05, 0.1) is 12.1 Å². The molecule has 1 fully saturated rings. The summed E-state index contributed by atoms with van der Waals surface area (Å²) in [5, 5.41) is 15.3. The molecule has 5 heteroatoms. The molecular formula is C15H20N2O3. The first kappa shape index (κ1) is 14.5. The number of rotatable bonds is 3. The van der Waals surface area contributed by atoms with Gasteiger partial charge in [0, 0.05) is 11.3 Å². The number of hydrogen-bond donors (Lipinski definition) is 3. The molecular weight excluding hydrogens is 256 g/mol. The number of aliphatic hydroxyl groups excluding tert-OH is 1. The molecule has 5 nitrogen and oxygen atoms in total. The highest BCUT2D eigenvalue weighted by atomic mass is 16.3. The number of anilines is 1. The fourth-order valence-electron chi connectivity index (χ4n) is 2.43. The molecule has 1 aromatic carbocycles. The van der Waals surface area contributed by atoms with E-state index < -0.39 is 6.10 Å². The summed E-state index contributed by atoms with van der Waals surface area (Å²) in [6.07, 6.45) is 3.06. The van der Waals surface area contributed by atoms with Gasteiger partial charge in [0.25, 0.3) is 0 Å². The Hall–Kier alpha value is -1.88. The van der Waals surface area contributed by atoms with Crippen molar-refractivity contribution >= 4 is 17.5 Å². The van der Waals surface area contributed by atoms with E-state index in [4.69, 9.17) is 0 Å². The van der Waals surface area contributed by atoms with Crippen LogP contribution in [0.15, 0.2) is 24.3 Å². The van der Waals surface area contributed by atoms with Crippen LogP contribution in [0.25, 0.3) is 0 Å². The van der Waals surface area contributed by atoms with Crippen LogP contribution >= 0.6 is 0 Å². The smallest absolute Gasteiger partial charge is 0.319 e. The van der Waals surface area contributed by atoms with Crippen LogP contribution in [0.1, 0.15) is 43.0 Å². The fourth-order valence-corrected chi connectivity index (χ4v) is 2.43. The van der Waals surface area contributed by atoms with Gasteiger partial charge in [-0.05, 0) is 31.9 Å². The number of carbonyl (C=O) groups is 2. The Balaban J connectivity index is 1.94. The first-order chi connectivity index (χ1) is 9.56. The van der Waals surface area contributed by atoms with Crippen LogP contribution in [0.2, 0.25) is 0 Å². The monoisotopic (exact) mass is 276 g/mol. The van der Waals surface area contributed by atoms with E-state index in [9.17, 15) is 14.7 Å². The molecule has 1 aromatic rings. The summed E-state index contributed by atoms with van der Waals surface area (Å²) in [4.78, 5) is 23.2. The number of urea groups is 1. The quantitative estimate of drug-likeness (QED) is 0.741. The standard InChI is InChI=1S/C15H20N2O3/c1-10(18)11-5-4-6-12(9-11)16-15(20)17-13-7-2-3-8-14(13)19/h4-6,9,13-14,19H,2-3,7-8H2,1H3,(H2,16,17,20)/t13-,14-/m0/s1. The van der Waals surface area contributed by atoms with Gasteiger partial charge in [-0.3, -0.25) is 4.79 Å². The van der Waals surface area contributed by atoms with Crippen LogP contribution in [0.4, 0.5) is 10.5 Å². The predicted molar refractivity (Wildman–Crippen MR) is 76.9 cm³/mol. The number of hydrogen-bond acceptors (Lipinski definition) is 3. The fraction of sp³-hybridized carbons (Fsp3) is 0.467. The van der Waals surface area contributed by atoms with Crippen LogP contribution < -0.4 is 10.6 Å². The lowest BCUT2D eigenvalue weighted by atomic mass is 9.93. The highest BCUT2D eigenvalue weighted by Gasteiger charge is 2.24. The second-order valence-electron chi connectivity index (χ2n) is 5.19. The van der Waals surface area contributed by atoms with E-state index in [0.29, 0.717) is 11.3 Å². The largest absolute Gasteiger partial charge is 0.391 e. The summed E-state index contributed by atoms with van der Waals surface area (Å²) in [7, 11) is 0. The summed E-state index contributed by atoms with van der Waals surface area (Å²) in [5.74, 6) is -0.0447. The van der Waals surface area contributed by atoms with E-state index in [-0.39, 0.29) is 17.9 Å². The van der Waals surface area contributed by atoms with Crippen LogP contribution in [0.3, 0.4) is 0 Å². The molecule has 20 heavy (non-hydrogen) atoms. The number of amides is 2. The van der Waals surface area contributed by atoms with E-state index in [1.165, 1.54) is 6.92 Å². The maximum Gasteiger partial charge on any atom is 0.319 e. The molecule has 1 aliphatic rings. The summed E-state index contributed by atoms with van der Waals surface area (Å²) in [6.45, 7) is 1.48. The Bertz CT molecular complexity index is 502. The molecule has 0 aliphatic heterocycles. The number of Topliss-reactive ketones (excluding diaryl/α,β-unsaturated/α-hetero) is 1. The van der Waals surface area contributed by atoms with Gasteiger partial charge < -0.3 is 15.7 Å². The zero-order chi connectivity index (χ0) is 14.5. The maximum absolute atomic E-state index is 11.9. The van der Waals surface area contributed by atoms with Crippen molar-refractivity contribution in [2.24, 2.45) is 0 Å². The van der Waals surface area contributed by atoms with E-state index >= 15 is 0 Å². The third kappa shape index (κ3) is 3.81. The Morgan fingerprint density at radius 3 is 2.70 bits per heavy atom. The topological polar surface area (TPSA) is 78.4 Å². The van der Waals surface area contributed by atoms with Crippen molar-refractivity contribution < 1.29 is 14.7 Å². The molecule has 0 unspecified atom stereocenters. The number of aliphatic hydroxyl groups is 1. The van der Waals surface area contributed by atoms with Crippen molar-refractivity contribution in [3.05, 3.63) is 29.8 Å². The Kier molecular flexibility index (Phi) is 4.74. The molecule has 2 atom stereocenters. The molecule has 0 aromatic heterocycles. The lowest BCUT2D eigenvalue weighted by Gasteiger charge is -2.28. The minimum absolute atomic E-state index is 0.0447. The predicted octanol–water partition coefficient (Wildman–Crippen LogP) is 2.31. The average Bonchev–Trinajstić information content (AvgIpc) is 2.41. The zero-order valence-corrected chi connectivity index (χ0v) is 11.6. The first-order valence-corrected chi connectivity index (χ1v) is 6.93. The molecule has 0 saturated heterocycles. The number of carbonyl (C=O) groups excluding carboxylic acids is 2. The summed E-state index contributed by atoms with van der Waals surface area (Å²) in [6, 6.07) is 6.25. The minimum atomic E-state index is -0.474. The molecule has 1 saturated carbocycles. The summed E-state index contributed by atoms with van der Waals surface area (Å²) < 4.78 is 0. The van der Waals surface area contributed by atoms with Crippen LogP contribution in [-0.4, -0.2) is 29.1 Å². The number of nitrogens with one attached hydrogen (secondary N) is 2. The molecule has 0 bridgehead atoms. The van der Waals surface area contributed by atoms with Crippen molar-refractivity contribution in [1.29, 1.82) is 0 Å². The average molecular weight is 276 g/mol. The van der Waals surface area contributed by atoms with Gasteiger partial charge in [0.2, 0.25) is 0 Å². The normalized spacial score (nSPS) is 22.1. The van der Waals surface area contributed by atoms with Gasteiger partial charge >= 0.3 is 6.03 Å². The molecule has 2 rings (SSSR count). The molecule has 108 valence electrons. The van der Waals surface area contributed by atoms with E-state index in [2.05, 4.69) is 10.6 Å². The van der Waals surface area contributed by atoms with Gasteiger partial charge in [-0.25, -0.2) is 4.79 Å². The second kappa shape index (κ2) is 6.52. The van der Waals surface area contributed by atoms with Crippen molar-refractivity contribution in [3.63, 3.8) is 0 Å². The van der Waals surface area contributed by atoms with Gasteiger partial charge in [0.15, 0.2) is 5.78 Å². The van der Waals surface area contributed by atoms with Crippen molar-refractivity contribution in [3.8, 4) is 0 Å². The van der Waals surface area contributed by atoms with Crippen molar-refractivity contribution in [1.82, 2.24) is 5.32 Å². The zero-order valence-electron chi connectivity index (χ0n) is 11.6. The third-order valence-electron chi connectivity index (χ3n) is 3.57. The second-order valence-corrected chi connectivity index (χ2v) is 5.19. The van der Waals surface area contributed by atoms with Gasteiger partial charge in [-0.2, -0.15) is 0 Å². The highest BCUT2D eigenvalue weighted by Crippen LogP contribution is 2.18. The highest BCUT2D eigenvalue weighted by molar-refractivity contribution is 5.96. The molecule has 0 spiro atoms. The molecule has 1 aliphatic carbocycles. The molecule has 3 N–H and O–H groups in total. The van der Waals surface area contributed by atoms with E-state index in [1.807, 2.05) is 0 Å². The summed E-state index contributed by atoms with van der Waals surface area (Å²) >= 11 is 0.